The summed E-state index contributed by atoms with van der Waals surface area (Å²) in [4.78, 5) is 4.34. The van der Waals surface area contributed by atoms with Crippen LogP contribution >= 0.6 is 35.6 Å². The van der Waals surface area contributed by atoms with Gasteiger partial charge in [0.1, 0.15) is 4.34 Å². The van der Waals surface area contributed by atoms with Crippen LogP contribution in [-0.4, -0.2) is 13.4 Å². The molecular formula is C13H9ClN2O2S3. The molecule has 0 spiro atoms. The van der Waals surface area contributed by atoms with Crippen LogP contribution in [0.5, 0.6) is 0 Å². The molecule has 3 rings (SSSR count). The molecule has 108 valence electrons. The number of halogens is 1. The van der Waals surface area contributed by atoms with E-state index in [2.05, 4.69) is 22.3 Å². The van der Waals surface area contributed by atoms with Gasteiger partial charge >= 0.3 is 0 Å². The van der Waals surface area contributed by atoms with Crippen molar-refractivity contribution in [2.45, 2.75) is 9.24 Å². The van der Waals surface area contributed by atoms with Gasteiger partial charge in [0.05, 0.1) is 15.1 Å². The molecule has 1 N–H and O–H groups in total. The highest BCUT2D eigenvalue weighted by Gasteiger charge is 2.15. The van der Waals surface area contributed by atoms with Crippen LogP contribution in [0.2, 0.25) is 5.02 Å². The first-order valence-corrected chi connectivity index (χ1v) is 8.94. The maximum absolute atomic E-state index is 12.3. The van der Waals surface area contributed by atoms with Crippen LogP contribution in [0.25, 0.3) is 10.2 Å². The molecule has 0 bridgehead atoms. The largest absolute Gasteiger partial charge is 0.280 e. The van der Waals surface area contributed by atoms with E-state index in [-0.39, 0.29) is 4.90 Å². The van der Waals surface area contributed by atoms with Crippen molar-refractivity contribution in [1.82, 2.24) is 4.98 Å². The minimum absolute atomic E-state index is 0.156. The van der Waals surface area contributed by atoms with E-state index >= 15 is 0 Å². The molecule has 0 unspecified atom stereocenters. The first kappa shape index (κ1) is 14.6. The molecule has 1 heterocycles. The first-order valence-electron chi connectivity index (χ1n) is 5.82. The van der Waals surface area contributed by atoms with E-state index < -0.39 is 10.0 Å². The van der Waals surface area contributed by atoms with Crippen molar-refractivity contribution < 1.29 is 8.42 Å². The molecule has 0 radical (unpaired) electrons. The fourth-order valence-corrected chi connectivity index (χ4v) is 4.09. The van der Waals surface area contributed by atoms with E-state index in [0.717, 1.165) is 4.70 Å². The lowest BCUT2D eigenvalue weighted by molar-refractivity contribution is 0.601. The molecular weight excluding hydrogens is 348 g/mol. The third-order valence-electron chi connectivity index (χ3n) is 2.75. The molecule has 3 aromatic rings. The number of fused-ring (bicyclic) bond motifs is 1. The van der Waals surface area contributed by atoms with Gasteiger partial charge in [-0.1, -0.05) is 11.6 Å². The predicted octanol–water partition coefficient (Wildman–Crippen LogP) is 4.04. The number of hydrogen-bond acceptors (Lipinski definition) is 5. The minimum atomic E-state index is -3.66. The summed E-state index contributed by atoms with van der Waals surface area (Å²) in [5.74, 6) is 0. The van der Waals surface area contributed by atoms with Gasteiger partial charge in [0.25, 0.3) is 10.0 Å². The van der Waals surface area contributed by atoms with Crippen molar-refractivity contribution in [3.05, 3.63) is 47.5 Å². The van der Waals surface area contributed by atoms with Gasteiger partial charge in [-0.3, -0.25) is 4.72 Å². The van der Waals surface area contributed by atoms with Gasteiger partial charge in [-0.15, -0.1) is 24.0 Å². The van der Waals surface area contributed by atoms with E-state index in [9.17, 15) is 8.42 Å². The summed E-state index contributed by atoms with van der Waals surface area (Å²) in [6.45, 7) is 0. The molecule has 1 aromatic heterocycles. The van der Waals surface area contributed by atoms with Crippen LogP contribution in [0.15, 0.2) is 51.7 Å². The summed E-state index contributed by atoms with van der Waals surface area (Å²) in [5.41, 5.74) is 1.07. The highest BCUT2D eigenvalue weighted by molar-refractivity contribution is 7.92. The minimum Gasteiger partial charge on any atom is -0.280 e. The number of rotatable bonds is 3. The Bertz CT molecular complexity index is 905. The number of anilines is 1. The Balaban J connectivity index is 1.97. The lowest BCUT2D eigenvalue weighted by Gasteiger charge is -2.08. The summed E-state index contributed by atoms with van der Waals surface area (Å²) in [6.07, 6.45) is 0. The van der Waals surface area contributed by atoms with Crippen molar-refractivity contribution in [1.29, 1.82) is 0 Å². The summed E-state index contributed by atoms with van der Waals surface area (Å²) in [5, 5.41) is 0.545. The summed E-state index contributed by atoms with van der Waals surface area (Å²) >= 11 is 11.3. The highest BCUT2D eigenvalue weighted by Crippen LogP contribution is 2.27. The number of nitrogens with zero attached hydrogens (tertiary/aromatic N) is 1. The molecule has 0 fully saturated rings. The topological polar surface area (TPSA) is 59.1 Å². The second-order valence-electron chi connectivity index (χ2n) is 4.24. The SMILES string of the molecule is O=S(=O)(Nc1ccc(Cl)cc1)c1ccc2sc(S)nc2c1. The van der Waals surface area contributed by atoms with Crippen LogP contribution in [-0.2, 0) is 10.0 Å². The van der Waals surface area contributed by atoms with Crippen LogP contribution in [0.3, 0.4) is 0 Å². The maximum Gasteiger partial charge on any atom is 0.261 e. The van der Waals surface area contributed by atoms with Gasteiger partial charge in [0.15, 0.2) is 0 Å². The Morgan fingerprint density at radius 1 is 1.14 bits per heavy atom. The highest BCUT2D eigenvalue weighted by atomic mass is 35.5. The molecule has 0 atom stereocenters. The van der Waals surface area contributed by atoms with Gasteiger partial charge in [-0.2, -0.15) is 0 Å². The summed E-state index contributed by atoms with van der Waals surface area (Å²) < 4.78 is 28.7. The Hall–Kier alpha value is -1.28. The van der Waals surface area contributed by atoms with E-state index in [0.29, 0.717) is 20.6 Å². The van der Waals surface area contributed by atoms with Gasteiger partial charge < -0.3 is 0 Å². The molecule has 2 aromatic carbocycles. The Morgan fingerprint density at radius 2 is 1.86 bits per heavy atom. The average molecular weight is 357 g/mol. The Kier molecular flexibility index (Phi) is 3.83. The molecule has 0 saturated carbocycles. The van der Waals surface area contributed by atoms with Crippen LogP contribution in [0.4, 0.5) is 5.69 Å². The number of thiol groups is 1. The number of hydrogen-bond donors (Lipinski definition) is 2. The average Bonchev–Trinajstić information content (AvgIpc) is 2.80. The van der Waals surface area contributed by atoms with Crippen molar-refractivity contribution >= 4 is 61.5 Å². The summed E-state index contributed by atoms with van der Waals surface area (Å²) in [7, 11) is -3.66. The molecule has 0 aliphatic carbocycles. The molecule has 0 aliphatic heterocycles. The fraction of sp³-hybridized carbons (Fsp3) is 0. The van der Waals surface area contributed by atoms with Crippen LogP contribution < -0.4 is 4.72 Å². The van der Waals surface area contributed by atoms with E-state index in [1.54, 1.807) is 36.4 Å². The molecule has 21 heavy (non-hydrogen) atoms. The number of aromatic nitrogens is 1. The van der Waals surface area contributed by atoms with Gasteiger partial charge in [-0.25, -0.2) is 13.4 Å². The van der Waals surface area contributed by atoms with Crippen molar-refractivity contribution in [2.24, 2.45) is 0 Å². The second-order valence-corrected chi connectivity index (χ2v) is 8.11. The number of thiazole rings is 1. The Morgan fingerprint density at radius 3 is 2.57 bits per heavy atom. The third kappa shape index (κ3) is 3.16. The quantitative estimate of drug-likeness (QED) is 0.696. The van der Waals surface area contributed by atoms with E-state index in [4.69, 9.17) is 11.6 Å². The second kappa shape index (κ2) is 5.49. The number of nitrogens with one attached hydrogen (secondary N) is 1. The first-order chi connectivity index (χ1) is 9.94. The molecule has 4 nitrogen and oxygen atoms in total. The van der Waals surface area contributed by atoms with Crippen LogP contribution in [0.1, 0.15) is 0 Å². The molecule has 0 aliphatic rings. The van der Waals surface area contributed by atoms with Gasteiger partial charge in [-0.05, 0) is 42.5 Å². The zero-order valence-electron chi connectivity index (χ0n) is 10.4. The molecule has 0 amide bonds. The number of sulfonamides is 1. The van der Waals surface area contributed by atoms with Crippen molar-refractivity contribution in [2.75, 3.05) is 4.72 Å². The normalized spacial score (nSPS) is 11.7. The summed E-state index contributed by atoms with van der Waals surface area (Å²) in [6, 6.07) is 11.3. The van der Waals surface area contributed by atoms with Gasteiger partial charge in [0, 0.05) is 10.7 Å². The van der Waals surface area contributed by atoms with E-state index in [1.807, 2.05) is 0 Å². The van der Waals surface area contributed by atoms with Crippen LogP contribution in [0, 0.1) is 0 Å². The molecule has 0 saturated heterocycles. The zero-order valence-corrected chi connectivity index (χ0v) is 13.7. The predicted molar refractivity (Wildman–Crippen MR) is 89.1 cm³/mol. The maximum atomic E-state index is 12.3. The molecule has 8 heteroatoms. The lowest BCUT2D eigenvalue weighted by atomic mass is 10.3. The third-order valence-corrected chi connectivity index (χ3v) is 5.60. The lowest BCUT2D eigenvalue weighted by Crippen LogP contribution is -2.12. The number of benzene rings is 2. The zero-order chi connectivity index (χ0) is 15.0. The fourth-order valence-electron chi connectivity index (χ4n) is 1.79. The standard InChI is InChI=1S/C13H9ClN2O2S3/c14-8-1-3-9(4-2-8)16-21(17,18)10-5-6-12-11(7-10)15-13(19)20-12/h1-7,16H,(H,15,19). The van der Waals surface area contributed by atoms with Crippen molar-refractivity contribution in [3.63, 3.8) is 0 Å². The van der Waals surface area contributed by atoms with E-state index in [1.165, 1.54) is 17.4 Å². The Labute approximate surface area is 136 Å². The monoisotopic (exact) mass is 356 g/mol. The smallest absolute Gasteiger partial charge is 0.261 e. The van der Waals surface area contributed by atoms with Gasteiger partial charge in [0.2, 0.25) is 0 Å². The van der Waals surface area contributed by atoms with Crippen molar-refractivity contribution in [3.8, 4) is 0 Å².